The van der Waals surface area contributed by atoms with E-state index < -0.39 is 0 Å². The lowest BCUT2D eigenvalue weighted by Crippen LogP contribution is -2.53. The molecule has 5 nitrogen and oxygen atoms in total. The van der Waals surface area contributed by atoms with Gasteiger partial charge in [0.1, 0.15) is 5.82 Å². The van der Waals surface area contributed by atoms with E-state index in [2.05, 4.69) is 21.7 Å². The minimum atomic E-state index is -0.213. The zero-order chi connectivity index (χ0) is 16.2. The van der Waals surface area contributed by atoms with Crippen molar-refractivity contribution < 1.29 is 9.18 Å². The first kappa shape index (κ1) is 16.2. The molecule has 6 heteroatoms. The minimum Gasteiger partial charge on any atom is -0.368 e. The molecule has 0 aliphatic carbocycles. The van der Waals surface area contributed by atoms with Crippen LogP contribution in [0.5, 0.6) is 0 Å². The molecule has 126 valence electrons. The standard InChI is InChI=1S/C17H25FN4O/c1-19-6-8-20(9-7-19)14-17(23)22-12-10-21(11-13-22)16-4-2-15(18)3-5-16/h2-5H,6-14H2,1H3. The van der Waals surface area contributed by atoms with Crippen molar-refractivity contribution in [3.63, 3.8) is 0 Å². The number of hydrogen-bond donors (Lipinski definition) is 0. The number of anilines is 1. The summed E-state index contributed by atoms with van der Waals surface area (Å²) in [5, 5.41) is 0. The summed E-state index contributed by atoms with van der Waals surface area (Å²) in [5.74, 6) is 0.0167. The Balaban J connectivity index is 1.46. The van der Waals surface area contributed by atoms with Crippen molar-refractivity contribution in [3.05, 3.63) is 30.1 Å². The predicted octanol–water partition coefficient (Wildman–Crippen LogP) is 0.722. The maximum atomic E-state index is 13.0. The Labute approximate surface area is 137 Å². The van der Waals surface area contributed by atoms with E-state index in [0.717, 1.165) is 58.0 Å². The molecule has 1 aromatic rings. The van der Waals surface area contributed by atoms with Gasteiger partial charge < -0.3 is 14.7 Å². The Bertz CT molecular complexity index is 520. The quantitative estimate of drug-likeness (QED) is 0.821. The fourth-order valence-corrected chi connectivity index (χ4v) is 3.16. The number of halogens is 1. The molecule has 3 rings (SSSR count). The van der Waals surface area contributed by atoms with Crippen LogP contribution in [0.25, 0.3) is 0 Å². The largest absolute Gasteiger partial charge is 0.368 e. The van der Waals surface area contributed by atoms with E-state index in [0.29, 0.717) is 6.54 Å². The zero-order valence-electron chi connectivity index (χ0n) is 13.7. The number of piperazine rings is 2. The van der Waals surface area contributed by atoms with Crippen molar-refractivity contribution in [3.8, 4) is 0 Å². The molecule has 0 aromatic heterocycles. The van der Waals surface area contributed by atoms with Crippen LogP contribution >= 0.6 is 0 Å². The second kappa shape index (κ2) is 7.27. The molecule has 2 aliphatic rings. The lowest BCUT2D eigenvalue weighted by atomic mass is 10.2. The summed E-state index contributed by atoms with van der Waals surface area (Å²) in [6.45, 7) is 7.63. The number of hydrogen-bond acceptors (Lipinski definition) is 4. The summed E-state index contributed by atoms with van der Waals surface area (Å²) in [6, 6.07) is 6.58. The number of rotatable bonds is 3. The Hall–Kier alpha value is -1.66. The Kier molecular flexibility index (Phi) is 5.13. The highest BCUT2D eigenvalue weighted by molar-refractivity contribution is 5.78. The van der Waals surface area contributed by atoms with Gasteiger partial charge in [-0.25, -0.2) is 4.39 Å². The van der Waals surface area contributed by atoms with E-state index >= 15 is 0 Å². The highest BCUT2D eigenvalue weighted by Crippen LogP contribution is 2.17. The Morgan fingerprint density at radius 3 is 2.17 bits per heavy atom. The minimum absolute atomic E-state index is 0.213. The highest BCUT2D eigenvalue weighted by atomic mass is 19.1. The van der Waals surface area contributed by atoms with Gasteiger partial charge in [-0.2, -0.15) is 0 Å². The average molecular weight is 320 g/mol. The molecule has 1 amide bonds. The molecular weight excluding hydrogens is 295 g/mol. The maximum absolute atomic E-state index is 13.0. The average Bonchev–Trinajstić information content (AvgIpc) is 2.58. The highest BCUT2D eigenvalue weighted by Gasteiger charge is 2.24. The number of benzene rings is 1. The first-order valence-electron chi connectivity index (χ1n) is 8.31. The number of carbonyl (C=O) groups is 1. The third kappa shape index (κ3) is 4.20. The van der Waals surface area contributed by atoms with E-state index in [-0.39, 0.29) is 11.7 Å². The van der Waals surface area contributed by atoms with Crippen molar-refractivity contribution in [2.75, 3.05) is 70.9 Å². The third-order valence-electron chi connectivity index (χ3n) is 4.78. The molecule has 2 heterocycles. The van der Waals surface area contributed by atoms with Crippen LogP contribution in [0.4, 0.5) is 10.1 Å². The number of nitrogens with zero attached hydrogens (tertiary/aromatic N) is 4. The van der Waals surface area contributed by atoms with Crippen LogP contribution in [-0.2, 0) is 4.79 Å². The van der Waals surface area contributed by atoms with E-state index in [1.54, 1.807) is 12.1 Å². The first-order chi connectivity index (χ1) is 11.1. The molecule has 0 N–H and O–H groups in total. The summed E-state index contributed by atoms with van der Waals surface area (Å²) in [4.78, 5) is 21.1. The van der Waals surface area contributed by atoms with Gasteiger partial charge in [0.25, 0.3) is 0 Å². The van der Waals surface area contributed by atoms with E-state index in [1.165, 1.54) is 12.1 Å². The van der Waals surface area contributed by atoms with Gasteiger partial charge >= 0.3 is 0 Å². The normalized spacial score (nSPS) is 20.8. The van der Waals surface area contributed by atoms with Crippen LogP contribution in [0.3, 0.4) is 0 Å². The molecule has 2 fully saturated rings. The van der Waals surface area contributed by atoms with Crippen LogP contribution < -0.4 is 4.90 Å². The van der Waals surface area contributed by atoms with E-state index in [9.17, 15) is 9.18 Å². The monoisotopic (exact) mass is 320 g/mol. The van der Waals surface area contributed by atoms with Crippen LogP contribution in [0, 0.1) is 5.82 Å². The van der Waals surface area contributed by atoms with Crippen LogP contribution in [-0.4, -0.2) is 86.6 Å². The second-order valence-corrected chi connectivity index (χ2v) is 6.42. The van der Waals surface area contributed by atoms with Gasteiger partial charge in [-0.05, 0) is 31.3 Å². The molecule has 2 aliphatic heterocycles. The molecule has 0 bridgehead atoms. The van der Waals surface area contributed by atoms with Crippen molar-refractivity contribution >= 4 is 11.6 Å². The van der Waals surface area contributed by atoms with Crippen LogP contribution in [0.15, 0.2) is 24.3 Å². The second-order valence-electron chi connectivity index (χ2n) is 6.42. The molecule has 0 radical (unpaired) electrons. The predicted molar refractivity (Wildman–Crippen MR) is 89.1 cm³/mol. The van der Waals surface area contributed by atoms with Gasteiger partial charge in [0.15, 0.2) is 0 Å². The molecule has 0 atom stereocenters. The van der Waals surface area contributed by atoms with Crippen molar-refractivity contribution in [2.24, 2.45) is 0 Å². The fraction of sp³-hybridized carbons (Fsp3) is 0.588. The van der Waals surface area contributed by atoms with Crippen molar-refractivity contribution in [1.29, 1.82) is 0 Å². The molecule has 2 saturated heterocycles. The van der Waals surface area contributed by atoms with Gasteiger partial charge in [0.05, 0.1) is 6.54 Å². The molecule has 0 saturated carbocycles. The number of carbonyl (C=O) groups excluding carboxylic acids is 1. The SMILES string of the molecule is CN1CCN(CC(=O)N2CCN(c3ccc(F)cc3)CC2)CC1. The smallest absolute Gasteiger partial charge is 0.236 e. The summed E-state index contributed by atoms with van der Waals surface area (Å²) in [6.07, 6.45) is 0. The molecule has 1 aromatic carbocycles. The lowest BCUT2D eigenvalue weighted by molar-refractivity contribution is -0.133. The van der Waals surface area contributed by atoms with Gasteiger partial charge in [-0.1, -0.05) is 0 Å². The Morgan fingerprint density at radius 2 is 1.57 bits per heavy atom. The topological polar surface area (TPSA) is 30.0 Å². The lowest BCUT2D eigenvalue weighted by Gasteiger charge is -2.38. The summed E-state index contributed by atoms with van der Waals surface area (Å²) >= 11 is 0. The van der Waals surface area contributed by atoms with E-state index in [1.807, 2.05) is 4.90 Å². The molecule has 23 heavy (non-hydrogen) atoms. The van der Waals surface area contributed by atoms with Gasteiger partial charge in [0.2, 0.25) is 5.91 Å². The summed E-state index contributed by atoms with van der Waals surface area (Å²) in [5.41, 5.74) is 1.03. The maximum Gasteiger partial charge on any atom is 0.236 e. The number of likely N-dealkylation sites (N-methyl/N-ethyl adjacent to an activating group) is 1. The Morgan fingerprint density at radius 1 is 0.957 bits per heavy atom. The fourth-order valence-electron chi connectivity index (χ4n) is 3.16. The molecular formula is C17H25FN4O. The van der Waals surface area contributed by atoms with Crippen molar-refractivity contribution in [1.82, 2.24) is 14.7 Å². The summed E-state index contributed by atoms with van der Waals surface area (Å²) in [7, 11) is 2.12. The van der Waals surface area contributed by atoms with Crippen LogP contribution in [0.2, 0.25) is 0 Å². The van der Waals surface area contributed by atoms with Gasteiger partial charge in [0, 0.05) is 58.0 Å². The van der Waals surface area contributed by atoms with Crippen LogP contribution in [0.1, 0.15) is 0 Å². The molecule has 0 unspecified atom stereocenters. The number of amides is 1. The van der Waals surface area contributed by atoms with E-state index in [4.69, 9.17) is 0 Å². The van der Waals surface area contributed by atoms with Crippen molar-refractivity contribution in [2.45, 2.75) is 0 Å². The third-order valence-corrected chi connectivity index (χ3v) is 4.78. The molecule has 0 spiro atoms. The van der Waals surface area contributed by atoms with Gasteiger partial charge in [-0.15, -0.1) is 0 Å². The zero-order valence-corrected chi connectivity index (χ0v) is 13.7. The summed E-state index contributed by atoms with van der Waals surface area (Å²) < 4.78 is 13.0. The first-order valence-corrected chi connectivity index (χ1v) is 8.31. The van der Waals surface area contributed by atoms with Gasteiger partial charge in [-0.3, -0.25) is 9.69 Å².